The van der Waals surface area contributed by atoms with Crippen LogP contribution in [-0.4, -0.2) is 35.8 Å². The van der Waals surface area contributed by atoms with E-state index in [1.165, 1.54) is 18.9 Å². The van der Waals surface area contributed by atoms with Crippen LogP contribution in [0.3, 0.4) is 0 Å². The molecule has 5 nitrogen and oxygen atoms in total. The minimum atomic E-state index is -0.261. The summed E-state index contributed by atoms with van der Waals surface area (Å²) in [5, 5.41) is 6.64. The van der Waals surface area contributed by atoms with Gasteiger partial charge in [-0.25, -0.2) is 9.97 Å². The molecular weight excluding hydrogens is 258 g/mol. The molecule has 0 aliphatic rings. The maximum atomic E-state index is 11.1. The second kappa shape index (κ2) is 5.33. The van der Waals surface area contributed by atoms with Crippen LogP contribution < -0.4 is 5.32 Å². The van der Waals surface area contributed by atoms with Crippen molar-refractivity contribution in [3.05, 3.63) is 11.4 Å². The standard InChI is InChI=1S/C10H11N3O2S2/c1-11-10-12-8-6(3-4-16-8)9(13-10)17-5-7(14)15-2/h3-4H,5H2,1-2H3,(H,11,12,13). The van der Waals surface area contributed by atoms with Crippen LogP contribution in [0.15, 0.2) is 16.5 Å². The molecule has 0 atom stereocenters. The van der Waals surface area contributed by atoms with E-state index >= 15 is 0 Å². The van der Waals surface area contributed by atoms with Crippen molar-refractivity contribution >= 4 is 45.2 Å². The molecule has 0 aliphatic heterocycles. The number of ether oxygens (including phenoxy) is 1. The fraction of sp³-hybridized carbons (Fsp3) is 0.300. The maximum Gasteiger partial charge on any atom is 0.316 e. The highest BCUT2D eigenvalue weighted by molar-refractivity contribution is 8.00. The molecule has 0 fully saturated rings. The van der Waals surface area contributed by atoms with Gasteiger partial charge in [0, 0.05) is 12.4 Å². The van der Waals surface area contributed by atoms with Gasteiger partial charge >= 0.3 is 5.97 Å². The highest BCUT2D eigenvalue weighted by atomic mass is 32.2. The molecule has 2 heterocycles. The van der Waals surface area contributed by atoms with Gasteiger partial charge in [0.2, 0.25) is 5.95 Å². The molecule has 2 aromatic heterocycles. The molecule has 1 N–H and O–H groups in total. The van der Waals surface area contributed by atoms with Crippen molar-refractivity contribution in [2.24, 2.45) is 0 Å². The van der Waals surface area contributed by atoms with Crippen molar-refractivity contribution in [2.45, 2.75) is 5.03 Å². The van der Waals surface area contributed by atoms with Crippen LogP contribution in [0, 0.1) is 0 Å². The molecule has 2 aromatic rings. The molecule has 0 spiro atoms. The number of carbonyl (C=O) groups is 1. The zero-order valence-electron chi connectivity index (χ0n) is 9.39. The first-order valence-electron chi connectivity index (χ1n) is 4.87. The fourth-order valence-electron chi connectivity index (χ4n) is 1.24. The second-order valence-corrected chi connectivity index (χ2v) is 4.97. The summed E-state index contributed by atoms with van der Waals surface area (Å²) in [6.07, 6.45) is 0. The van der Waals surface area contributed by atoms with Gasteiger partial charge in [0.05, 0.1) is 12.9 Å². The molecule has 0 unspecified atom stereocenters. The van der Waals surface area contributed by atoms with Crippen LogP contribution in [0.2, 0.25) is 0 Å². The Balaban J connectivity index is 2.30. The Morgan fingerprint density at radius 2 is 2.41 bits per heavy atom. The van der Waals surface area contributed by atoms with Crippen molar-refractivity contribution in [1.82, 2.24) is 9.97 Å². The number of thiophene rings is 1. The number of thioether (sulfide) groups is 1. The molecule has 90 valence electrons. The van der Waals surface area contributed by atoms with E-state index in [1.54, 1.807) is 18.4 Å². The molecule has 0 aliphatic carbocycles. The number of carbonyl (C=O) groups excluding carboxylic acids is 1. The first-order valence-corrected chi connectivity index (χ1v) is 6.73. The monoisotopic (exact) mass is 269 g/mol. The number of methoxy groups -OCH3 is 1. The summed E-state index contributed by atoms with van der Waals surface area (Å²) in [4.78, 5) is 20.7. The van der Waals surface area contributed by atoms with E-state index in [2.05, 4.69) is 20.0 Å². The number of fused-ring (bicyclic) bond motifs is 1. The third kappa shape index (κ3) is 2.67. The maximum absolute atomic E-state index is 11.1. The van der Waals surface area contributed by atoms with Gasteiger partial charge < -0.3 is 10.1 Å². The number of rotatable bonds is 4. The lowest BCUT2D eigenvalue weighted by Gasteiger charge is -2.04. The summed E-state index contributed by atoms with van der Waals surface area (Å²) in [7, 11) is 3.14. The van der Waals surface area contributed by atoms with Crippen LogP contribution in [-0.2, 0) is 9.53 Å². The van der Waals surface area contributed by atoms with E-state index in [1.807, 2.05) is 11.4 Å². The van der Waals surface area contributed by atoms with Gasteiger partial charge in [-0.2, -0.15) is 0 Å². The zero-order valence-corrected chi connectivity index (χ0v) is 11.0. The predicted molar refractivity (Wildman–Crippen MR) is 69.7 cm³/mol. The Morgan fingerprint density at radius 3 is 3.12 bits per heavy atom. The SMILES string of the molecule is CNc1nc(SCC(=O)OC)c2ccsc2n1. The summed E-state index contributed by atoms with van der Waals surface area (Å²) in [5.74, 6) is 0.553. The smallest absolute Gasteiger partial charge is 0.316 e. The van der Waals surface area contributed by atoms with Gasteiger partial charge in [-0.05, 0) is 11.4 Å². The average Bonchev–Trinajstić information content (AvgIpc) is 2.83. The molecule has 0 aromatic carbocycles. The van der Waals surface area contributed by atoms with Gasteiger partial charge in [0.25, 0.3) is 0 Å². The first-order chi connectivity index (χ1) is 8.24. The van der Waals surface area contributed by atoms with Crippen LogP contribution in [0.25, 0.3) is 10.2 Å². The van der Waals surface area contributed by atoms with Crippen LogP contribution in [0.5, 0.6) is 0 Å². The van der Waals surface area contributed by atoms with E-state index in [0.29, 0.717) is 5.95 Å². The number of hydrogen-bond acceptors (Lipinski definition) is 7. The summed E-state index contributed by atoms with van der Waals surface area (Å²) in [6.45, 7) is 0. The number of anilines is 1. The summed E-state index contributed by atoms with van der Waals surface area (Å²) in [5.41, 5.74) is 0. The average molecular weight is 269 g/mol. The number of esters is 1. The van der Waals surface area contributed by atoms with Crippen LogP contribution in [0.1, 0.15) is 0 Å². The highest BCUT2D eigenvalue weighted by Crippen LogP contribution is 2.29. The number of nitrogens with one attached hydrogen (secondary N) is 1. The Kier molecular flexibility index (Phi) is 3.80. The topological polar surface area (TPSA) is 64.1 Å². The highest BCUT2D eigenvalue weighted by Gasteiger charge is 2.10. The molecule has 2 rings (SSSR count). The minimum Gasteiger partial charge on any atom is -0.468 e. The van der Waals surface area contributed by atoms with Crippen molar-refractivity contribution in [3.8, 4) is 0 Å². The second-order valence-electron chi connectivity index (χ2n) is 3.11. The Bertz CT molecular complexity index is 541. The van der Waals surface area contributed by atoms with Crippen molar-refractivity contribution in [1.29, 1.82) is 0 Å². The van der Waals surface area contributed by atoms with Crippen molar-refractivity contribution in [3.63, 3.8) is 0 Å². The largest absolute Gasteiger partial charge is 0.468 e. The third-order valence-electron chi connectivity index (χ3n) is 2.07. The lowest BCUT2D eigenvalue weighted by molar-refractivity contribution is -0.137. The van der Waals surface area contributed by atoms with Crippen molar-refractivity contribution < 1.29 is 9.53 Å². The fourth-order valence-corrected chi connectivity index (χ4v) is 2.91. The number of hydrogen-bond donors (Lipinski definition) is 1. The molecule has 0 saturated heterocycles. The van der Waals surface area contributed by atoms with E-state index in [4.69, 9.17) is 0 Å². The molecule has 0 saturated carbocycles. The van der Waals surface area contributed by atoms with E-state index < -0.39 is 0 Å². The molecule has 0 amide bonds. The van der Waals surface area contributed by atoms with Gasteiger partial charge in [-0.3, -0.25) is 4.79 Å². The summed E-state index contributed by atoms with van der Waals surface area (Å²) < 4.78 is 4.61. The Labute approximate surface area is 107 Å². The van der Waals surface area contributed by atoms with Gasteiger partial charge in [-0.15, -0.1) is 11.3 Å². The van der Waals surface area contributed by atoms with Gasteiger partial charge in [0.1, 0.15) is 9.86 Å². The normalized spacial score (nSPS) is 10.5. The van der Waals surface area contributed by atoms with Gasteiger partial charge in [0.15, 0.2) is 0 Å². The molecule has 7 heteroatoms. The molecule has 17 heavy (non-hydrogen) atoms. The van der Waals surface area contributed by atoms with Crippen LogP contribution in [0.4, 0.5) is 5.95 Å². The summed E-state index contributed by atoms with van der Waals surface area (Å²) >= 11 is 2.91. The van der Waals surface area contributed by atoms with E-state index in [-0.39, 0.29) is 11.7 Å². The van der Waals surface area contributed by atoms with E-state index in [9.17, 15) is 4.79 Å². The molecular formula is C10H11N3O2S2. The predicted octanol–water partition coefficient (Wildman–Crippen LogP) is 2.00. The third-order valence-corrected chi connectivity index (χ3v) is 3.84. The number of nitrogens with zero attached hydrogens (tertiary/aromatic N) is 2. The van der Waals surface area contributed by atoms with Crippen molar-refractivity contribution in [2.75, 3.05) is 25.2 Å². The van der Waals surface area contributed by atoms with E-state index in [0.717, 1.165) is 15.2 Å². The number of aromatic nitrogens is 2. The van der Waals surface area contributed by atoms with Crippen LogP contribution >= 0.6 is 23.1 Å². The Morgan fingerprint density at radius 1 is 1.59 bits per heavy atom. The summed E-state index contributed by atoms with van der Waals surface area (Å²) in [6, 6.07) is 1.96. The minimum absolute atomic E-state index is 0.252. The molecule has 0 radical (unpaired) electrons. The lowest BCUT2D eigenvalue weighted by atomic mass is 10.4. The molecule has 0 bridgehead atoms. The first kappa shape index (κ1) is 12.1. The Hall–Kier alpha value is -1.34. The van der Waals surface area contributed by atoms with Gasteiger partial charge in [-0.1, -0.05) is 11.8 Å². The zero-order chi connectivity index (χ0) is 12.3. The quantitative estimate of drug-likeness (QED) is 0.520. The lowest BCUT2D eigenvalue weighted by Crippen LogP contribution is -2.04.